The molecule has 0 radical (unpaired) electrons. The molecular weight excluding hydrogens is 424 g/mol. The molecular formula is C27H24N6O. The molecule has 1 saturated carbocycles. The van der Waals surface area contributed by atoms with E-state index in [0.717, 1.165) is 49.9 Å². The molecule has 1 amide bonds. The number of aromatic nitrogens is 4. The van der Waals surface area contributed by atoms with Gasteiger partial charge in [0.2, 0.25) is 5.91 Å². The van der Waals surface area contributed by atoms with Crippen LogP contribution in [0.4, 0.5) is 5.82 Å². The Morgan fingerprint density at radius 2 is 1.76 bits per heavy atom. The van der Waals surface area contributed by atoms with Crippen LogP contribution in [0.3, 0.4) is 0 Å². The van der Waals surface area contributed by atoms with Crippen molar-refractivity contribution in [3.05, 3.63) is 72.7 Å². The third-order valence-electron chi connectivity index (χ3n) is 7.02. The highest BCUT2D eigenvalue weighted by Gasteiger charge is 2.35. The van der Waals surface area contributed by atoms with Gasteiger partial charge in [0.25, 0.3) is 0 Å². The minimum Gasteiger partial charge on any atom is -0.383 e. The lowest BCUT2D eigenvalue weighted by atomic mass is 9.79. The molecule has 168 valence electrons. The Morgan fingerprint density at radius 3 is 2.53 bits per heavy atom. The SMILES string of the molecule is Cc1c(-c2cn(C3CC(C(N)=O)C3)c3ncnc(N)c23)ccc2ccc(-c3ccccc3)nc12. The molecule has 0 unspecified atom stereocenters. The summed E-state index contributed by atoms with van der Waals surface area (Å²) in [6, 6.07) is 18.7. The number of carbonyl (C=O) groups excluding carboxylic acids is 1. The Labute approximate surface area is 196 Å². The molecule has 5 aromatic rings. The minimum absolute atomic E-state index is 0.0897. The highest BCUT2D eigenvalue weighted by Crippen LogP contribution is 2.43. The number of hydrogen-bond acceptors (Lipinski definition) is 5. The van der Waals surface area contributed by atoms with Gasteiger partial charge in [-0.05, 0) is 37.0 Å². The highest BCUT2D eigenvalue weighted by atomic mass is 16.1. The second-order valence-electron chi connectivity index (χ2n) is 9.00. The third-order valence-corrected chi connectivity index (χ3v) is 7.02. The van der Waals surface area contributed by atoms with Crippen molar-refractivity contribution in [1.29, 1.82) is 0 Å². The van der Waals surface area contributed by atoms with Crippen molar-refractivity contribution in [3.8, 4) is 22.4 Å². The van der Waals surface area contributed by atoms with Crippen LogP contribution in [0.15, 0.2) is 67.1 Å². The van der Waals surface area contributed by atoms with E-state index in [1.165, 1.54) is 6.33 Å². The molecule has 3 aromatic heterocycles. The van der Waals surface area contributed by atoms with Crippen molar-refractivity contribution in [2.75, 3.05) is 5.73 Å². The number of aryl methyl sites for hydroxylation is 1. The van der Waals surface area contributed by atoms with Gasteiger partial charge in [0, 0.05) is 34.7 Å². The zero-order valence-corrected chi connectivity index (χ0v) is 18.8. The summed E-state index contributed by atoms with van der Waals surface area (Å²) in [5.74, 6) is 0.107. The molecule has 3 heterocycles. The number of primary amides is 1. The predicted octanol–water partition coefficient (Wildman–Crippen LogP) is 4.64. The van der Waals surface area contributed by atoms with Crippen LogP contribution in [0.1, 0.15) is 24.4 Å². The second kappa shape index (κ2) is 7.66. The number of fused-ring (bicyclic) bond motifs is 2. The highest BCUT2D eigenvalue weighted by molar-refractivity contribution is 6.03. The van der Waals surface area contributed by atoms with Gasteiger partial charge < -0.3 is 16.0 Å². The van der Waals surface area contributed by atoms with Crippen LogP contribution in [-0.2, 0) is 4.79 Å². The smallest absolute Gasteiger partial charge is 0.220 e. The molecule has 1 aliphatic carbocycles. The fourth-order valence-electron chi connectivity index (χ4n) is 5.03. The second-order valence-corrected chi connectivity index (χ2v) is 9.00. The van der Waals surface area contributed by atoms with Crippen LogP contribution in [0.25, 0.3) is 44.3 Å². The van der Waals surface area contributed by atoms with Gasteiger partial charge in [-0.1, -0.05) is 48.5 Å². The van der Waals surface area contributed by atoms with Crippen molar-refractivity contribution in [1.82, 2.24) is 19.5 Å². The summed E-state index contributed by atoms with van der Waals surface area (Å²) in [7, 11) is 0. The summed E-state index contributed by atoms with van der Waals surface area (Å²) in [5, 5.41) is 1.91. The van der Waals surface area contributed by atoms with E-state index in [4.69, 9.17) is 16.5 Å². The molecule has 0 atom stereocenters. The van der Waals surface area contributed by atoms with Crippen LogP contribution in [0.2, 0.25) is 0 Å². The number of benzene rings is 2. The van der Waals surface area contributed by atoms with E-state index in [2.05, 4.69) is 64.1 Å². The van der Waals surface area contributed by atoms with Gasteiger partial charge in [-0.2, -0.15) is 0 Å². The van der Waals surface area contributed by atoms with Crippen molar-refractivity contribution >= 4 is 33.7 Å². The Kier molecular flexibility index (Phi) is 4.58. The lowest BCUT2D eigenvalue weighted by Crippen LogP contribution is -2.36. The topological polar surface area (TPSA) is 113 Å². The lowest BCUT2D eigenvalue weighted by molar-refractivity contribution is -0.125. The van der Waals surface area contributed by atoms with E-state index < -0.39 is 0 Å². The zero-order valence-electron chi connectivity index (χ0n) is 18.8. The van der Waals surface area contributed by atoms with Gasteiger partial charge in [0.15, 0.2) is 0 Å². The van der Waals surface area contributed by atoms with Crippen LogP contribution in [0, 0.1) is 12.8 Å². The summed E-state index contributed by atoms with van der Waals surface area (Å²) < 4.78 is 2.12. The first-order chi connectivity index (χ1) is 16.5. The molecule has 0 saturated heterocycles. The number of pyridine rings is 1. The molecule has 6 rings (SSSR count). The number of nitrogens with two attached hydrogens (primary N) is 2. The largest absolute Gasteiger partial charge is 0.383 e. The molecule has 1 fully saturated rings. The number of carbonyl (C=O) groups is 1. The van der Waals surface area contributed by atoms with Gasteiger partial charge in [0.1, 0.15) is 17.8 Å². The molecule has 0 spiro atoms. The monoisotopic (exact) mass is 448 g/mol. The van der Waals surface area contributed by atoms with E-state index in [0.29, 0.717) is 18.7 Å². The maximum atomic E-state index is 11.6. The van der Waals surface area contributed by atoms with Crippen LogP contribution in [-0.4, -0.2) is 25.4 Å². The summed E-state index contributed by atoms with van der Waals surface area (Å²) in [4.78, 5) is 25.4. The summed E-state index contributed by atoms with van der Waals surface area (Å²) >= 11 is 0. The molecule has 2 aromatic carbocycles. The molecule has 1 aliphatic rings. The van der Waals surface area contributed by atoms with Crippen molar-refractivity contribution in [2.24, 2.45) is 11.7 Å². The van der Waals surface area contributed by atoms with Gasteiger partial charge in [-0.25, -0.2) is 15.0 Å². The molecule has 0 aliphatic heterocycles. The molecule has 4 N–H and O–H groups in total. The van der Waals surface area contributed by atoms with Crippen LogP contribution in [0.5, 0.6) is 0 Å². The number of hydrogen-bond donors (Lipinski definition) is 2. The van der Waals surface area contributed by atoms with E-state index >= 15 is 0 Å². The summed E-state index contributed by atoms with van der Waals surface area (Å²) in [5.41, 5.74) is 18.7. The summed E-state index contributed by atoms with van der Waals surface area (Å²) in [6.45, 7) is 2.09. The Morgan fingerprint density at radius 1 is 1.00 bits per heavy atom. The Hall–Kier alpha value is -4.26. The standard InChI is InChI=1S/C27H24N6O/c1-15-20(9-7-17-8-10-22(32-24(15)17)16-5-3-2-4-6-16)21-13-33(19-11-18(12-19)26(29)34)27-23(21)25(28)30-14-31-27/h2-10,13-14,18-19H,11-12H2,1H3,(H2,29,34)(H2,28,30,31). The first-order valence-electron chi connectivity index (χ1n) is 11.4. The Bertz CT molecular complexity index is 1570. The minimum atomic E-state index is -0.243. The van der Waals surface area contributed by atoms with E-state index in [1.54, 1.807) is 0 Å². The average molecular weight is 449 g/mol. The quantitative estimate of drug-likeness (QED) is 0.416. The maximum absolute atomic E-state index is 11.6. The van der Waals surface area contributed by atoms with E-state index in [-0.39, 0.29) is 17.9 Å². The number of anilines is 1. The zero-order chi connectivity index (χ0) is 23.4. The molecule has 0 bridgehead atoms. The average Bonchev–Trinajstić information content (AvgIpc) is 3.19. The number of rotatable bonds is 4. The first kappa shape index (κ1) is 20.4. The predicted molar refractivity (Wildman–Crippen MR) is 134 cm³/mol. The van der Waals surface area contributed by atoms with Crippen molar-refractivity contribution in [2.45, 2.75) is 25.8 Å². The number of nitrogen functional groups attached to an aromatic ring is 1. The van der Waals surface area contributed by atoms with E-state index in [1.807, 2.05) is 18.2 Å². The molecule has 34 heavy (non-hydrogen) atoms. The summed E-state index contributed by atoms with van der Waals surface area (Å²) in [6.07, 6.45) is 5.00. The third kappa shape index (κ3) is 3.12. The van der Waals surface area contributed by atoms with Gasteiger partial charge in [-0.3, -0.25) is 4.79 Å². The Balaban J connectivity index is 1.52. The van der Waals surface area contributed by atoms with Crippen LogP contribution < -0.4 is 11.5 Å². The fourth-order valence-corrected chi connectivity index (χ4v) is 5.03. The van der Waals surface area contributed by atoms with E-state index in [9.17, 15) is 4.79 Å². The van der Waals surface area contributed by atoms with Crippen molar-refractivity contribution in [3.63, 3.8) is 0 Å². The number of amides is 1. The van der Waals surface area contributed by atoms with Gasteiger partial charge in [0.05, 0.1) is 16.6 Å². The van der Waals surface area contributed by atoms with Gasteiger partial charge in [-0.15, -0.1) is 0 Å². The molecule has 7 heteroatoms. The first-order valence-corrected chi connectivity index (χ1v) is 11.4. The maximum Gasteiger partial charge on any atom is 0.220 e. The van der Waals surface area contributed by atoms with Crippen molar-refractivity contribution < 1.29 is 4.79 Å². The number of nitrogens with zero attached hydrogens (tertiary/aromatic N) is 4. The normalized spacial score (nSPS) is 17.7. The molecule has 7 nitrogen and oxygen atoms in total. The lowest BCUT2D eigenvalue weighted by Gasteiger charge is -2.34. The van der Waals surface area contributed by atoms with Gasteiger partial charge >= 0.3 is 0 Å². The fraction of sp³-hybridized carbons (Fsp3) is 0.185. The van der Waals surface area contributed by atoms with Crippen LogP contribution >= 0.6 is 0 Å².